The van der Waals surface area contributed by atoms with Gasteiger partial charge in [0.15, 0.2) is 0 Å². The molecule has 2 N–H and O–H groups in total. The Bertz CT molecular complexity index is 668. The molecule has 0 radical (unpaired) electrons. The van der Waals surface area contributed by atoms with E-state index in [-0.39, 0.29) is 11.4 Å². The number of para-hydroxylation sites is 1. The van der Waals surface area contributed by atoms with E-state index in [1.807, 2.05) is 0 Å². The van der Waals surface area contributed by atoms with Crippen molar-refractivity contribution in [1.82, 2.24) is 4.98 Å². The predicted molar refractivity (Wildman–Crippen MR) is 64.8 cm³/mol. The number of hydrogen-bond donors (Lipinski definition) is 1. The molecular weight excluding hydrogens is 237 g/mol. The van der Waals surface area contributed by atoms with Crippen LogP contribution in [0.4, 0.5) is 15.9 Å². The van der Waals surface area contributed by atoms with Gasteiger partial charge in [0.1, 0.15) is 5.67 Å². The number of rotatable bonds is 2. The quantitative estimate of drug-likeness (QED) is 0.653. The molecule has 1 aliphatic carbocycles. The highest BCUT2D eigenvalue weighted by Gasteiger charge is 2.51. The monoisotopic (exact) mass is 247 g/mol. The summed E-state index contributed by atoms with van der Waals surface area (Å²) in [7, 11) is 0. The number of anilines is 1. The summed E-state index contributed by atoms with van der Waals surface area (Å²) in [5, 5.41) is 11.6. The Kier molecular flexibility index (Phi) is 2.04. The van der Waals surface area contributed by atoms with E-state index in [0.29, 0.717) is 23.7 Å². The highest BCUT2D eigenvalue weighted by Crippen LogP contribution is 2.55. The number of aromatic nitrogens is 1. The van der Waals surface area contributed by atoms with Gasteiger partial charge >= 0.3 is 5.69 Å². The van der Waals surface area contributed by atoms with Gasteiger partial charge < -0.3 is 5.73 Å². The van der Waals surface area contributed by atoms with Crippen LogP contribution in [0.25, 0.3) is 10.9 Å². The van der Waals surface area contributed by atoms with Gasteiger partial charge in [0.2, 0.25) is 5.82 Å². The molecule has 2 aromatic rings. The lowest BCUT2D eigenvalue weighted by Crippen LogP contribution is -2.09. The summed E-state index contributed by atoms with van der Waals surface area (Å²) in [6, 6.07) is 6.76. The lowest BCUT2D eigenvalue weighted by atomic mass is 10.0. The first-order chi connectivity index (χ1) is 8.53. The molecular formula is C12H10FN3O2. The zero-order chi connectivity index (χ0) is 12.9. The molecule has 3 rings (SSSR count). The molecule has 1 aromatic carbocycles. The number of hydrogen-bond acceptors (Lipinski definition) is 4. The van der Waals surface area contributed by atoms with Crippen molar-refractivity contribution in [2.45, 2.75) is 18.5 Å². The second-order valence-electron chi connectivity index (χ2n) is 4.46. The molecule has 1 heterocycles. The van der Waals surface area contributed by atoms with Crippen molar-refractivity contribution >= 4 is 22.4 Å². The molecule has 0 atom stereocenters. The number of nitrogen functional groups attached to an aromatic ring is 1. The van der Waals surface area contributed by atoms with Crippen LogP contribution in [-0.2, 0) is 5.67 Å². The van der Waals surface area contributed by atoms with Gasteiger partial charge in [-0.15, -0.1) is 0 Å². The van der Waals surface area contributed by atoms with E-state index in [0.717, 1.165) is 0 Å². The second-order valence-corrected chi connectivity index (χ2v) is 4.46. The van der Waals surface area contributed by atoms with Crippen LogP contribution in [0, 0.1) is 10.1 Å². The van der Waals surface area contributed by atoms with Crippen molar-refractivity contribution in [2.75, 3.05) is 5.73 Å². The van der Waals surface area contributed by atoms with Gasteiger partial charge in [-0.3, -0.25) is 10.1 Å². The number of nitrogens with zero attached hydrogens (tertiary/aromatic N) is 2. The Morgan fingerprint density at radius 2 is 2.06 bits per heavy atom. The average molecular weight is 247 g/mol. The van der Waals surface area contributed by atoms with Crippen LogP contribution < -0.4 is 5.73 Å². The fourth-order valence-electron chi connectivity index (χ4n) is 2.22. The fourth-order valence-corrected chi connectivity index (χ4v) is 2.22. The molecule has 6 heteroatoms. The fraction of sp³-hybridized carbons (Fsp3) is 0.250. The first-order valence-corrected chi connectivity index (χ1v) is 5.55. The molecule has 1 fully saturated rings. The first-order valence-electron chi connectivity index (χ1n) is 5.55. The van der Waals surface area contributed by atoms with Crippen LogP contribution in [0.3, 0.4) is 0 Å². The Hall–Kier alpha value is -2.24. The summed E-state index contributed by atoms with van der Waals surface area (Å²) in [5.41, 5.74) is 4.14. The third-order valence-electron chi connectivity index (χ3n) is 3.21. The third kappa shape index (κ3) is 1.42. The van der Waals surface area contributed by atoms with Crippen LogP contribution in [0.2, 0.25) is 0 Å². The molecule has 5 nitrogen and oxygen atoms in total. The van der Waals surface area contributed by atoms with Crippen LogP contribution in [0.1, 0.15) is 18.4 Å². The van der Waals surface area contributed by atoms with Gasteiger partial charge in [-0.1, -0.05) is 18.2 Å². The van der Waals surface area contributed by atoms with Gasteiger partial charge in [-0.05, 0) is 18.9 Å². The predicted octanol–water partition coefficient (Wildman–Crippen LogP) is 2.68. The number of nitro groups is 1. The van der Waals surface area contributed by atoms with Crippen LogP contribution in [0.15, 0.2) is 24.3 Å². The van der Waals surface area contributed by atoms with Crippen LogP contribution >= 0.6 is 0 Å². The number of nitrogens with two attached hydrogens (primary N) is 1. The molecule has 18 heavy (non-hydrogen) atoms. The Morgan fingerprint density at radius 1 is 1.39 bits per heavy atom. The van der Waals surface area contributed by atoms with Gasteiger partial charge in [0.25, 0.3) is 0 Å². The van der Waals surface area contributed by atoms with E-state index in [2.05, 4.69) is 4.98 Å². The minimum absolute atomic E-state index is 0.0793. The molecule has 0 amide bonds. The number of benzene rings is 1. The highest BCUT2D eigenvalue weighted by molar-refractivity contribution is 5.90. The molecule has 0 unspecified atom stereocenters. The lowest BCUT2D eigenvalue weighted by Gasteiger charge is -2.11. The van der Waals surface area contributed by atoms with E-state index in [9.17, 15) is 14.5 Å². The first kappa shape index (κ1) is 10.9. The van der Waals surface area contributed by atoms with E-state index in [1.165, 1.54) is 0 Å². The molecule has 0 spiro atoms. The number of halogens is 1. The van der Waals surface area contributed by atoms with Crippen molar-refractivity contribution in [1.29, 1.82) is 0 Å². The molecule has 0 aliphatic heterocycles. The maximum atomic E-state index is 14.4. The maximum absolute atomic E-state index is 14.4. The second kappa shape index (κ2) is 3.38. The van der Waals surface area contributed by atoms with Gasteiger partial charge in [-0.25, -0.2) is 9.37 Å². The van der Waals surface area contributed by atoms with Gasteiger partial charge in [0, 0.05) is 5.39 Å². The average Bonchev–Trinajstić information content (AvgIpc) is 3.06. The smallest absolute Gasteiger partial charge is 0.318 e. The summed E-state index contributed by atoms with van der Waals surface area (Å²) in [5.74, 6) is -0.224. The highest BCUT2D eigenvalue weighted by atomic mass is 19.1. The normalized spacial score (nSPS) is 16.7. The minimum Gasteiger partial charge on any atom is -0.378 e. The zero-order valence-corrected chi connectivity index (χ0v) is 9.39. The van der Waals surface area contributed by atoms with E-state index in [4.69, 9.17) is 5.73 Å². The van der Waals surface area contributed by atoms with Crippen molar-refractivity contribution in [2.24, 2.45) is 0 Å². The van der Waals surface area contributed by atoms with E-state index in [1.54, 1.807) is 24.3 Å². The zero-order valence-electron chi connectivity index (χ0n) is 9.39. The number of fused-ring (bicyclic) bond motifs is 1. The SMILES string of the molecule is Nc1nc2ccccc2c(C2(F)CC2)c1[N+](=O)[O-]. The van der Waals surface area contributed by atoms with Gasteiger partial charge in [-0.2, -0.15) is 0 Å². The Morgan fingerprint density at radius 3 is 2.67 bits per heavy atom. The summed E-state index contributed by atoms with van der Waals surface area (Å²) >= 11 is 0. The van der Waals surface area contributed by atoms with Crippen LogP contribution in [-0.4, -0.2) is 9.91 Å². The summed E-state index contributed by atoms with van der Waals surface area (Å²) in [4.78, 5) is 14.4. The Labute approximate surface area is 102 Å². The summed E-state index contributed by atoms with van der Waals surface area (Å²) < 4.78 is 14.4. The van der Waals surface area contributed by atoms with E-state index >= 15 is 0 Å². The minimum atomic E-state index is -1.63. The summed E-state index contributed by atoms with van der Waals surface area (Å²) in [6.45, 7) is 0. The summed E-state index contributed by atoms with van der Waals surface area (Å²) in [6.07, 6.45) is 0.586. The lowest BCUT2D eigenvalue weighted by molar-refractivity contribution is -0.385. The molecule has 1 aromatic heterocycles. The molecule has 1 saturated carbocycles. The maximum Gasteiger partial charge on any atom is 0.318 e. The van der Waals surface area contributed by atoms with Gasteiger partial charge in [0.05, 0.1) is 16.0 Å². The number of alkyl halides is 1. The van der Waals surface area contributed by atoms with Crippen molar-refractivity contribution in [3.05, 3.63) is 39.9 Å². The largest absolute Gasteiger partial charge is 0.378 e. The molecule has 92 valence electrons. The molecule has 0 saturated heterocycles. The standard InChI is InChI=1S/C12H10FN3O2/c13-12(5-6-12)9-7-3-1-2-4-8(7)15-11(14)10(9)16(17)18/h1-4H,5-6H2,(H2,14,15). The van der Waals surface area contributed by atoms with Crippen LogP contribution in [0.5, 0.6) is 0 Å². The van der Waals surface area contributed by atoms with Crippen molar-refractivity contribution in [3.8, 4) is 0 Å². The van der Waals surface area contributed by atoms with Crippen molar-refractivity contribution in [3.63, 3.8) is 0 Å². The molecule has 0 bridgehead atoms. The third-order valence-corrected chi connectivity index (χ3v) is 3.21. The molecule has 1 aliphatic rings. The van der Waals surface area contributed by atoms with E-state index < -0.39 is 16.3 Å². The number of pyridine rings is 1. The topological polar surface area (TPSA) is 82.0 Å². The van der Waals surface area contributed by atoms with Crippen molar-refractivity contribution < 1.29 is 9.31 Å². The Balaban J connectivity index is 2.45.